The van der Waals surface area contributed by atoms with E-state index in [1.807, 2.05) is 0 Å². The molecule has 0 saturated carbocycles. The molecule has 0 spiro atoms. The Morgan fingerprint density at radius 3 is 2.88 bits per heavy atom. The zero-order chi connectivity index (χ0) is 12.0. The molecule has 0 aromatic heterocycles. The van der Waals surface area contributed by atoms with E-state index in [1.165, 1.54) is 25.8 Å². The fourth-order valence-electron chi connectivity index (χ4n) is 2.17. The van der Waals surface area contributed by atoms with Crippen molar-refractivity contribution < 1.29 is 0 Å². The van der Waals surface area contributed by atoms with Crippen molar-refractivity contribution in [3.8, 4) is 0 Å². The molecule has 1 rings (SSSR count). The fourth-order valence-corrected chi connectivity index (χ4v) is 2.42. The topological polar surface area (TPSA) is 27.3 Å². The van der Waals surface area contributed by atoms with Crippen LogP contribution in [0.3, 0.4) is 0 Å². The van der Waals surface area contributed by atoms with E-state index >= 15 is 0 Å². The SMILES string of the molecule is CCCCNC(=S)NC1CCN(C)CC1C. The van der Waals surface area contributed by atoms with Gasteiger partial charge in [-0.2, -0.15) is 0 Å². The van der Waals surface area contributed by atoms with Gasteiger partial charge in [0.1, 0.15) is 0 Å². The summed E-state index contributed by atoms with van der Waals surface area (Å²) >= 11 is 5.29. The predicted molar refractivity (Wildman–Crippen MR) is 73.7 cm³/mol. The lowest BCUT2D eigenvalue weighted by molar-refractivity contribution is 0.187. The van der Waals surface area contributed by atoms with Crippen molar-refractivity contribution in [3.63, 3.8) is 0 Å². The highest BCUT2D eigenvalue weighted by molar-refractivity contribution is 7.80. The summed E-state index contributed by atoms with van der Waals surface area (Å²) in [4.78, 5) is 2.39. The van der Waals surface area contributed by atoms with E-state index < -0.39 is 0 Å². The molecule has 2 atom stereocenters. The molecule has 2 unspecified atom stereocenters. The van der Waals surface area contributed by atoms with Crippen LogP contribution < -0.4 is 10.6 Å². The molecule has 4 heteroatoms. The molecule has 1 aliphatic heterocycles. The highest BCUT2D eigenvalue weighted by Crippen LogP contribution is 2.14. The molecular formula is C12H25N3S. The van der Waals surface area contributed by atoms with E-state index in [2.05, 4.69) is 36.4 Å². The number of thiocarbonyl (C=S) groups is 1. The zero-order valence-corrected chi connectivity index (χ0v) is 11.6. The average molecular weight is 243 g/mol. The van der Waals surface area contributed by atoms with E-state index in [9.17, 15) is 0 Å². The fraction of sp³-hybridized carbons (Fsp3) is 0.917. The Kier molecular flexibility index (Phi) is 6.06. The first kappa shape index (κ1) is 13.7. The van der Waals surface area contributed by atoms with Crippen LogP contribution in [0.4, 0.5) is 0 Å². The first-order chi connectivity index (χ1) is 7.63. The van der Waals surface area contributed by atoms with Gasteiger partial charge in [-0.3, -0.25) is 0 Å². The first-order valence-corrected chi connectivity index (χ1v) is 6.77. The van der Waals surface area contributed by atoms with Crippen LogP contribution in [0.5, 0.6) is 0 Å². The van der Waals surface area contributed by atoms with Crippen LogP contribution in [0.2, 0.25) is 0 Å². The predicted octanol–water partition coefficient (Wildman–Crippen LogP) is 1.59. The standard InChI is InChI=1S/C12H25N3S/c1-4-5-7-13-12(16)14-11-6-8-15(3)9-10(11)2/h10-11H,4-9H2,1-3H3,(H2,13,14,16). The van der Waals surface area contributed by atoms with Crippen molar-refractivity contribution in [2.75, 3.05) is 26.7 Å². The summed E-state index contributed by atoms with van der Waals surface area (Å²) in [6, 6.07) is 0.540. The molecule has 2 N–H and O–H groups in total. The molecule has 1 aliphatic rings. The minimum Gasteiger partial charge on any atom is -0.363 e. The third kappa shape index (κ3) is 4.66. The third-order valence-corrected chi connectivity index (χ3v) is 3.50. The summed E-state index contributed by atoms with van der Waals surface area (Å²) in [5, 5.41) is 7.54. The van der Waals surface area contributed by atoms with E-state index in [-0.39, 0.29) is 0 Å². The van der Waals surface area contributed by atoms with Gasteiger partial charge >= 0.3 is 0 Å². The van der Waals surface area contributed by atoms with Gasteiger partial charge in [-0.25, -0.2) is 0 Å². The molecule has 0 amide bonds. The number of piperidine rings is 1. The number of unbranched alkanes of at least 4 members (excludes halogenated alkanes) is 1. The second-order valence-corrected chi connectivity index (χ2v) is 5.30. The maximum absolute atomic E-state index is 5.29. The highest BCUT2D eigenvalue weighted by Gasteiger charge is 2.24. The van der Waals surface area contributed by atoms with Crippen LogP contribution in [0.1, 0.15) is 33.1 Å². The summed E-state index contributed by atoms with van der Waals surface area (Å²) in [7, 11) is 2.19. The van der Waals surface area contributed by atoms with Gasteiger partial charge in [-0.1, -0.05) is 20.3 Å². The van der Waals surface area contributed by atoms with Gasteiger partial charge in [0.25, 0.3) is 0 Å². The molecular weight excluding hydrogens is 218 g/mol. The quantitative estimate of drug-likeness (QED) is 0.579. The Bertz CT molecular complexity index is 220. The summed E-state index contributed by atoms with van der Waals surface area (Å²) in [5.74, 6) is 0.671. The lowest BCUT2D eigenvalue weighted by Gasteiger charge is -2.35. The van der Waals surface area contributed by atoms with Crippen molar-refractivity contribution >= 4 is 17.3 Å². The van der Waals surface area contributed by atoms with Crippen molar-refractivity contribution in [3.05, 3.63) is 0 Å². The van der Waals surface area contributed by atoms with Gasteiger partial charge in [0.05, 0.1) is 0 Å². The maximum Gasteiger partial charge on any atom is 0.166 e. The highest BCUT2D eigenvalue weighted by atomic mass is 32.1. The van der Waals surface area contributed by atoms with Crippen LogP contribution in [0.25, 0.3) is 0 Å². The van der Waals surface area contributed by atoms with Crippen molar-refractivity contribution in [1.29, 1.82) is 0 Å². The number of nitrogens with one attached hydrogen (secondary N) is 2. The van der Waals surface area contributed by atoms with E-state index in [4.69, 9.17) is 12.2 Å². The minimum atomic E-state index is 0.540. The average Bonchev–Trinajstić information content (AvgIpc) is 2.23. The molecule has 3 nitrogen and oxygen atoms in total. The molecule has 16 heavy (non-hydrogen) atoms. The maximum atomic E-state index is 5.29. The molecule has 1 heterocycles. The van der Waals surface area contributed by atoms with Crippen LogP contribution in [0.15, 0.2) is 0 Å². The summed E-state index contributed by atoms with van der Waals surface area (Å²) in [6.45, 7) is 7.80. The lowest BCUT2D eigenvalue weighted by Crippen LogP contribution is -2.51. The van der Waals surface area contributed by atoms with Gasteiger partial charge in [-0.15, -0.1) is 0 Å². The summed E-state index contributed by atoms with van der Waals surface area (Å²) < 4.78 is 0. The molecule has 1 fully saturated rings. The molecule has 0 aromatic rings. The van der Waals surface area contributed by atoms with Gasteiger partial charge in [0.15, 0.2) is 5.11 Å². The number of hydrogen-bond donors (Lipinski definition) is 2. The second kappa shape index (κ2) is 7.07. The van der Waals surface area contributed by atoms with Crippen LogP contribution in [-0.4, -0.2) is 42.7 Å². The lowest BCUT2D eigenvalue weighted by atomic mass is 9.94. The van der Waals surface area contributed by atoms with Crippen LogP contribution in [-0.2, 0) is 0 Å². The second-order valence-electron chi connectivity index (χ2n) is 4.89. The molecule has 94 valence electrons. The van der Waals surface area contributed by atoms with Crippen LogP contribution >= 0.6 is 12.2 Å². The van der Waals surface area contributed by atoms with Gasteiger partial charge < -0.3 is 15.5 Å². The normalized spacial score (nSPS) is 26.4. The Morgan fingerprint density at radius 2 is 2.25 bits per heavy atom. The monoisotopic (exact) mass is 243 g/mol. The number of rotatable bonds is 4. The molecule has 0 bridgehead atoms. The summed E-state index contributed by atoms with van der Waals surface area (Å²) in [6.07, 6.45) is 3.58. The molecule has 0 aromatic carbocycles. The van der Waals surface area contributed by atoms with Crippen molar-refractivity contribution in [2.45, 2.75) is 39.2 Å². The molecule has 0 radical (unpaired) electrons. The van der Waals surface area contributed by atoms with Crippen LogP contribution in [0, 0.1) is 5.92 Å². The Hall–Kier alpha value is -0.350. The summed E-state index contributed by atoms with van der Waals surface area (Å²) in [5.41, 5.74) is 0. The Labute approximate surface area is 105 Å². The first-order valence-electron chi connectivity index (χ1n) is 6.36. The molecule has 0 aliphatic carbocycles. The van der Waals surface area contributed by atoms with E-state index in [1.54, 1.807) is 0 Å². The smallest absolute Gasteiger partial charge is 0.166 e. The van der Waals surface area contributed by atoms with Gasteiger partial charge in [0, 0.05) is 19.1 Å². The Balaban J connectivity index is 2.22. The number of hydrogen-bond acceptors (Lipinski definition) is 2. The van der Waals surface area contributed by atoms with Gasteiger partial charge in [-0.05, 0) is 44.6 Å². The third-order valence-electron chi connectivity index (χ3n) is 3.24. The van der Waals surface area contributed by atoms with Gasteiger partial charge in [0.2, 0.25) is 0 Å². The zero-order valence-electron chi connectivity index (χ0n) is 10.8. The number of likely N-dealkylation sites (tertiary alicyclic amines) is 1. The van der Waals surface area contributed by atoms with Crippen molar-refractivity contribution in [1.82, 2.24) is 15.5 Å². The van der Waals surface area contributed by atoms with Crippen molar-refractivity contribution in [2.24, 2.45) is 5.92 Å². The number of nitrogens with zero attached hydrogens (tertiary/aromatic N) is 1. The van der Waals surface area contributed by atoms with E-state index in [0.29, 0.717) is 12.0 Å². The Morgan fingerprint density at radius 1 is 1.50 bits per heavy atom. The van der Waals surface area contributed by atoms with E-state index in [0.717, 1.165) is 18.2 Å². The molecule has 1 saturated heterocycles. The largest absolute Gasteiger partial charge is 0.363 e. The minimum absolute atomic E-state index is 0.540.